The van der Waals surface area contributed by atoms with Gasteiger partial charge in [-0.05, 0) is 26.0 Å². The highest BCUT2D eigenvalue weighted by Gasteiger charge is 2.47. The van der Waals surface area contributed by atoms with Crippen LogP contribution in [0.4, 0.5) is 4.79 Å². The second-order valence-electron chi connectivity index (χ2n) is 3.88. The summed E-state index contributed by atoms with van der Waals surface area (Å²) in [4.78, 5) is 13.2. The van der Waals surface area contributed by atoms with Gasteiger partial charge in [0.2, 0.25) is 0 Å². The predicted octanol–water partition coefficient (Wildman–Crippen LogP) is 1.25. The molecule has 2 fully saturated rings. The first-order chi connectivity index (χ1) is 5.61. The van der Waals surface area contributed by atoms with Gasteiger partial charge in [-0.1, -0.05) is 0 Å². The fourth-order valence-corrected chi connectivity index (χ4v) is 3.12. The van der Waals surface area contributed by atoms with Gasteiger partial charge in [0.1, 0.15) is 5.66 Å². The van der Waals surface area contributed by atoms with Gasteiger partial charge >= 0.3 is 6.03 Å². The molecule has 2 aliphatic rings. The van der Waals surface area contributed by atoms with E-state index in [0.29, 0.717) is 6.04 Å². The van der Waals surface area contributed by atoms with Crippen LogP contribution in [0.2, 0.25) is 0 Å². The lowest BCUT2D eigenvalue weighted by Crippen LogP contribution is -2.75. The number of urea groups is 1. The first-order valence-electron chi connectivity index (χ1n) is 4.30. The Hall–Kier alpha value is -0.380. The Morgan fingerprint density at radius 1 is 1.67 bits per heavy atom. The third-order valence-corrected chi connectivity index (χ3v) is 3.65. The number of hydrogen-bond acceptors (Lipinski definition) is 2. The van der Waals surface area contributed by atoms with Gasteiger partial charge in [-0.3, -0.25) is 4.90 Å². The molecule has 0 spiro atoms. The molecule has 12 heavy (non-hydrogen) atoms. The van der Waals surface area contributed by atoms with Crippen molar-refractivity contribution >= 4 is 17.8 Å². The van der Waals surface area contributed by atoms with Crippen LogP contribution in [-0.2, 0) is 0 Å². The van der Waals surface area contributed by atoms with Gasteiger partial charge in [-0.25, -0.2) is 4.79 Å². The second kappa shape index (κ2) is 2.55. The summed E-state index contributed by atoms with van der Waals surface area (Å²) in [6.07, 6.45) is 1.15. The molecular weight excluding hydrogens is 172 g/mol. The minimum Gasteiger partial charge on any atom is -0.315 e. The lowest BCUT2D eigenvalue weighted by atomic mass is 10.0. The Morgan fingerprint density at radius 2 is 2.42 bits per heavy atom. The zero-order chi connectivity index (χ0) is 8.77. The topological polar surface area (TPSA) is 32.3 Å². The number of carbonyl (C=O) groups is 1. The van der Waals surface area contributed by atoms with E-state index in [1.54, 1.807) is 0 Å². The van der Waals surface area contributed by atoms with Crippen LogP contribution in [0.1, 0.15) is 20.3 Å². The first kappa shape index (κ1) is 8.23. The maximum absolute atomic E-state index is 11.2. The van der Waals surface area contributed by atoms with Crippen LogP contribution in [0.25, 0.3) is 0 Å². The maximum atomic E-state index is 11.2. The molecule has 0 bridgehead atoms. The molecule has 2 saturated heterocycles. The average Bonchev–Trinajstić information content (AvgIpc) is 2.37. The van der Waals surface area contributed by atoms with E-state index in [-0.39, 0.29) is 11.7 Å². The van der Waals surface area contributed by atoms with Crippen molar-refractivity contribution in [2.75, 3.05) is 11.5 Å². The Morgan fingerprint density at radius 3 is 2.83 bits per heavy atom. The van der Waals surface area contributed by atoms with Gasteiger partial charge < -0.3 is 5.32 Å². The first-order valence-corrected chi connectivity index (χ1v) is 5.46. The van der Waals surface area contributed by atoms with Gasteiger partial charge in [0, 0.05) is 11.8 Å². The normalized spacial score (nSPS) is 33.0. The largest absolute Gasteiger partial charge is 0.321 e. The van der Waals surface area contributed by atoms with Crippen molar-refractivity contribution in [1.82, 2.24) is 10.2 Å². The molecule has 0 unspecified atom stereocenters. The third-order valence-electron chi connectivity index (χ3n) is 2.50. The maximum Gasteiger partial charge on any atom is 0.321 e. The Balaban J connectivity index is 2.06. The van der Waals surface area contributed by atoms with Crippen LogP contribution in [0.3, 0.4) is 0 Å². The van der Waals surface area contributed by atoms with E-state index in [1.165, 1.54) is 5.75 Å². The molecular formula is C8H14N2OS. The Labute approximate surface area is 76.9 Å². The van der Waals surface area contributed by atoms with Crippen molar-refractivity contribution in [2.24, 2.45) is 0 Å². The molecule has 2 rings (SSSR count). The molecule has 0 aromatic heterocycles. The second-order valence-corrected chi connectivity index (χ2v) is 5.03. The number of rotatable bonds is 1. The average molecular weight is 186 g/mol. The van der Waals surface area contributed by atoms with Crippen molar-refractivity contribution in [3.63, 3.8) is 0 Å². The third kappa shape index (κ3) is 1.09. The molecule has 1 atom stereocenters. The summed E-state index contributed by atoms with van der Waals surface area (Å²) < 4.78 is 0. The van der Waals surface area contributed by atoms with Crippen LogP contribution in [0.15, 0.2) is 0 Å². The smallest absolute Gasteiger partial charge is 0.315 e. The minimum atomic E-state index is -0.105. The highest BCUT2D eigenvalue weighted by atomic mass is 32.2. The van der Waals surface area contributed by atoms with E-state index in [4.69, 9.17) is 0 Å². The zero-order valence-corrected chi connectivity index (χ0v) is 8.28. The van der Waals surface area contributed by atoms with E-state index < -0.39 is 0 Å². The fourth-order valence-electron chi connectivity index (χ4n) is 1.93. The number of nitrogens with zero attached hydrogens (tertiary/aromatic N) is 1. The summed E-state index contributed by atoms with van der Waals surface area (Å²) in [5, 5.41) is 2.89. The van der Waals surface area contributed by atoms with Gasteiger partial charge in [-0.15, -0.1) is 0 Å². The van der Waals surface area contributed by atoms with E-state index in [2.05, 4.69) is 19.2 Å². The number of carbonyl (C=O) groups excluding carboxylic acids is 1. The van der Waals surface area contributed by atoms with Crippen LogP contribution >= 0.6 is 11.8 Å². The highest BCUT2D eigenvalue weighted by molar-refractivity contribution is 7.99. The molecule has 0 radical (unpaired) electrons. The monoisotopic (exact) mass is 186 g/mol. The number of thioether (sulfide) groups is 1. The van der Waals surface area contributed by atoms with Crippen molar-refractivity contribution in [3.8, 4) is 0 Å². The van der Waals surface area contributed by atoms with E-state index >= 15 is 0 Å². The Bertz CT molecular complexity index is 211. The zero-order valence-electron chi connectivity index (χ0n) is 7.46. The molecule has 4 heteroatoms. The molecule has 0 saturated carbocycles. The van der Waals surface area contributed by atoms with E-state index in [0.717, 1.165) is 12.2 Å². The summed E-state index contributed by atoms with van der Waals surface area (Å²) in [5.41, 5.74) is -0.105. The lowest BCUT2D eigenvalue weighted by Gasteiger charge is -2.51. The molecule has 2 aliphatic heterocycles. The van der Waals surface area contributed by atoms with E-state index in [1.807, 2.05) is 16.7 Å². The van der Waals surface area contributed by atoms with Crippen molar-refractivity contribution < 1.29 is 4.79 Å². The van der Waals surface area contributed by atoms with Gasteiger partial charge in [0.25, 0.3) is 0 Å². The number of nitrogens with one attached hydrogen (secondary N) is 1. The minimum absolute atomic E-state index is 0.104. The molecule has 2 heterocycles. The SMILES string of the molecule is CC1(C)NC(=O)N1[C@@H]1CCSC1. The molecule has 0 aliphatic carbocycles. The van der Waals surface area contributed by atoms with Gasteiger partial charge in [-0.2, -0.15) is 11.8 Å². The summed E-state index contributed by atoms with van der Waals surface area (Å²) in [7, 11) is 0. The molecule has 2 amide bonds. The molecule has 3 nitrogen and oxygen atoms in total. The van der Waals surface area contributed by atoms with Crippen LogP contribution in [0, 0.1) is 0 Å². The highest BCUT2D eigenvalue weighted by Crippen LogP contribution is 2.31. The van der Waals surface area contributed by atoms with Crippen molar-refractivity contribution in [3.05, 3.63) is 0 Å². The van der Waals surface area contributed by atoms with Crippen LogP contribution < -0.4 is 5.32 Å². The van der Waals surface area contributed by atoms with E-state index in [9.17, 15) is 4.79 Å². The summed E-state index contributed by atoms with van der Waals surface area (Å²) in [5.74, 6) is 2.31. The number of amides is 2. The van der Waals surface area contributed by atoms with Crippen molar-refractivity contribution in [1.29, 1.82) is 0 Å². The molecule has 0 aromatic carbocycles. The summed E-state index contributed by atoms with van der Waals surface area (Å²) in [6, 6.07) is 0.575. The molecule has 68 valence electrons. The summed E-state index contributed by atoms with van der Waals surface area (Å²) >= 11 is 1.94. The van der Waals surface area contributed by atoms with Gasteiger partial charge in [0.05, 0.1) is 0 Å². The van der Waals surface area contributed by atoms with Crippen LogP contribution in [0.5, 0.6) is 0 Å². The molecule has 0 aromatic rings. The van der Waals surface area contributed by atoms with Crippen LogP contribution in [-0.4, -0.2) is 34.1 Å². The standard InChI is InChI=1S/C8H14N2OS/c1-8(2)9-7(11)10(8)6-3-4-12-5-6/h6H,3-5H2,1-2H3,(H,9,11)/t6-/m1/s1. The predicted molar refractivity (Wildman–Crippen MR) is 50.2 cm³/mol. The molecule has 1 N–H and O–H groups in total. The number of hydrogen-bond donors (Lipinski definition) is 1. The fraction of sp³-hybridized carbons (Fsp3) is 0.875. The quantitative estimate of drug-likeness (QED) is 0.668. The van der Waals surface area contributed by atoms with Gasteiger partial charge in [0.15, 0.2) is 0 Å². The lowest BCUT2D eigenvalue weighted by molar-refractivity contribution is 0.0247. The summed E-state index contributed by atoms with van der Waals surface area (Å²) in [6.45, 7) is 4.11. The Kier molecular flexibility index (Phi) is 1.75. The van der Waals surface area contributed by atoms with Crippen molar-refractivity contribution in [2.45, 2.75) is 32.0 Å².